The average Bonchev–Trinajstić information content (AvgIpc) is 2.50. The lowest BCUT2D eigenvalue weighted by Crippen LogP contribution is -2.22. The van der Waals surface area contributed by atoms with E-state index in [4.69, 9.17) is 10.3 Å². The molecule has 1 aromatic carbocycles. The van der Waals surface area contributed by atoms with Crippen LogP contribution in [0.3, 0.4) is 0 Å². The van der Waals surface area contributed by atoms with Gasteiger partial charge in [0.2, 0.25) is 5.91 Å². The summed E-state index contributed by atoms with van der Waals surface area (Å²) < 4.78 is 4.99. The molecule has 1 aromatic rings. The normalized spacial score (nSPS) is 10.1. The van der Waals surface area contributed by atoms with Gasteiger partial charge in [-0.25, -0.2) is 0 Å². The second kappa shape index (κ2) is 9.28. The van der Waals surface area contributed by atoms with E-state index in [-0.39, 0.29) is 11.7 Å². The second-order valence-corrected chi connectivity index (χ2v) is 4.22. The molecule has 0 radical (unpaired) electrons. The number of phenolic OH excluding ortho intramolecular Hbond substituents is 1. The van der Waals surface area contributed by atoms with Crippen molar-refractivity contribution < 1.29 is 14.6 Å². The zero-order chi connectivity index (χ0) is 15.5. The number of hydrogen-bond acceptors (Lipinski definition) is 4. The molecule has 1 rings (SSSR count). The number of carbonyl (C=O) groups is 1. The Morgan fingerprint density at radius 1 is 1.52 bits per heavy atom. The molecule has 0 aliphatic heterocycles. The molecule has 1 amide bonds. The number of azide groups is 1. The smallest absolute Gasteiger partial charge is 0.243 e. The highest BCUT2D eigenvalue weighted by molar-refractivity contribution is 5.91. The number of hydrogen-bond donors (Lipinski definition) is 2. The molecule has 0 aliphatic rings. The lowest BCUT2D eigenvalue weighted by molar-refractivity contribution is -0.116. The van der Waals surface area contributed by atoms with Crippen molar-refractivity contribution in [3.63, 3.8) is 0 Å². The Bertz CT molecular complexity index is 551. The van der Waals surface area contributed by atoms with Gasteiger partial charge in [0.1, 0.15) is 0 Å². The zero-order valence-electron chi connectivity index (χ0n) is 11.8. The molecule has 0 unspecified atom stereocenters. The van der Waals surface area contributed by atoms with Crippen LogP contribution in [-0.4, -0.2) is 31.2 Å². The molecule has 0 atom stereocenters. The summed E-state index contributed by atoms with van der Waals surface area (Å²) in [5.41, 5.74) is 8.85. The Morgan fingerprint density at radius 2 is 2.33 bits per heavy atom. The highest BCUT2D eigenvalue weighted by Gasteiger charge is 2.01. The number of nitrogens with one attached hydrogen (secondary N) is 1. The van der Waals surface area contributed by atoms with E-state index in [2.05, 4.69) is 15.3 Å². The van der Waals surface area contributed by atoms with E-state index < -0.39 is 0 Å². The van der Waals surface area contributed by atoms with E-state index in [1.807, 2.05) is 0 Å². The topological polar surface area (TPSA) is 107 Å². The average molecular weight is 290 g/mol. The molecule has 21 heavy (non-hydrogen) atoms. The van der Waals surface area contributed by atoms with Crippen molar-refractivity contribution in [3.8, 4) is 11.5 Å². The van der Waals surface area contributed by atoms with Crippen LogP contribution in [0, 0.1) is 0 Å². The van der Waals surface area contributed by atoms with Crippen molar-refractivity contribution in [2.75, 3.05) is 20.2 Å². The Morgan fingerprint density at radius 3 is 3.05 bits per heavy atom. The standard InChI is InChI=1S/C14H18N4O3/c1-21-13-10-11(4-6-12(13)19)5-7-14(20)16-8-2-3-9-17-18-15/h4-7,10,19H,2-3,8-9H2,1H3,(H,16,20)/b7-5-. The number of unbranched alkanes of at least 4 members (excludes halogenated alkanes) is 1. The van der Waals surface area contributed by atoms with Crippen LogP contribution < -0.4 is 10.1 Å². The second-order valence-electron chi connectivity index (χ2n) is 4.22. The first-order valence-electron chi connectivity index (χ1n) is 6.51. The Kier molecular flexibility index (Phi) is 7.24. The number of methoxy groups -OCH3 is 1. The lowest BCUT2D eigenvalue weighted by Gasteiger charge is -2.04. The maximum atomic E-state index is 11.6. The maximum absolute atomic E-state index is 11.6. The number of benzene rings is 1. The number of ether oxygens (including phenoxy) is 1. The minimum absolute atomic E-state index is 0.0547. The van der Waals surface area contributed by atoms with E-state index in [0.29, 0.717) is 18.8 Å². The van der Waals surface area contributed by atoms with Crippen LogP contribution in [0.4, 0.5) is 0 Å². The summed E-state index contributed by atoms with van der Waals surface area (Å²) in [7, 11) is 1.46. The summed E-state index contributed by atoms with van der Waals surface area (Å²) in [4.78, 5) is 14.2. The van der Waals surface area contributed by atoms with Gasteiger partial charge in [-0.2, -0.15) is 0 Å². The first-order valence-corrected chi connectivity index (χ1v) is 6.51. The number of phenols is 1. The third-order valence-corrected chi connectivity index (χ3v) is 2.68. The molecular weight excluding hydrogens is 272 g/mol. The number of aromatic hydroxyl groups is 1. The van der Waals surface area contributed by atoms with E-state index in [1.54, 1.807) is 18.2 Å². The van der Waals surface area contributed by atoms with Crippen LogP contribution >= 0.6 is 0 Å². The van der Waals surface area contributed by atoms with Crippen molar-refractivity contribution in [2.45, 2.75) is 12.8 Å². The van der Waals surface area contributed by atoms with Crippen LogP contribution in [0.5, 0.6) is 11.5 Å². The van der Waals surface area contributed by atoms with Gasteiger partial charge in [0.05, 0.1) is 7.11 Å². The summed E-state index contributed by atoms with van der Waals surface area (Å²) in [5, 5.41) is 15.6. The molecule has 2 N–H and O–H groups in total. The van der Waals surface area contributed by atoms with E-state index in [9.17, 15) is 9.90 Å². The molecule has 0 bridgehead atoms. The third kappa shape index (κ3) is 6.35. The molecule has 7 heteroatoms. The van der Waals surface area contributed by atoms with Crippen molar-refractivity contribution in [1.82, 2.24) is 5.32 Å². The first-order chi connectivity index (χ1) is 10.2. The van der Waals surface area contributed by atoms with Crippen LogP contribution in [0.1, 0.15) is 18.4 Å². The largest absolute Gasteiger partial charge is 0.504 e. The van der Waals surface area contributed by atoms with Gasteiger partial charge in [0.15, 0.2) is 11.5 Å². The highest BCUT2D eigenvalue weighted by atomic mass is 16.5. The number of nitrogens with zero attached hydrogens (tertiary/aromatic N) is 3. The predicted octanol–water partition coefficient (Wildman–Crippen LogP) is 2.62. The quantitative estimate of drug-likeness (QED) is 0.252. The molecule has 0 saturated carbocycles. The molecule has 0 saturated heterocycles. The summed E-state index contributed by atoms with van der Waals surface area (Å²) in [5.74, 6) is 0.209. The van der Waals surface area contributed by atoms with Crippen LogP contribution in [0.15, 0.2) is 29.4 Å². The summed E-state index contributed by atoms with van der Waals surface area (Å²) >= 11 is 0. The van der Waals surface area contributed by atoms with Crippen molar-refractivity contribution in [2.24, 2.45) is 5.11 Å². The Balaban J connectivity index is 2.38. The summed E-state index contributed by atoms with van der Waals surface area (Å²) in [6, 6.07) is 4.83. The van der Waals surface area contributed by atoms with Crippen molar-refractivity contribution in [1.29, 1.82) is 0 Å². The fraction of sp³-hybridized carbons (Fsp3) is 0.357. The lowest BCUT2D eigenvalue weighted by atomic mass is 10.2. The van der Waals surface area contributed by atoms with Gasteiger partial charge in [-0.1, -0.05) is 11.2 Å². The number of amides is 1. The Hall–Kier alpha value is -2.66. The van der Waals surface area contributed by atoms with Crippen LogP contribution in [0.2, 0.25) is 0 Å². The van der Waals surface area contributed by atoms with Gasteiger partial charge < -0.3 is 15.2 Å². The molecule has 112 valence electrons. The predicted molar refractivity (Wildman–Crippen MR) is 79.9 cm³/mol. The monoisotopic (exact) mass is 290 g/mol. The molecule has 0 heterocycles. The van der Waals surface area contributed by atoms with Gasteiger partial charge in [-0.3, -0.25) is 4.79 Å². The van der Waals surface area contributed by atoms with Crippen LogP contribution in [0.25, 0.3) is 16.5 Å². The van der Waals surface area contributed by atoms with Crippen molar-refractivity contribution in [3.05, 3.63) is 40.3 Å². The van der Waals surface area contributed by atoms with E-state index >= 15 is 0 Å². The SMILES string of the molecule is COc1cc(/C=C\C(=O)NCCCCN=[N+]=[N-])ccc1O. The van der Waals surface area contributed by atoms with Gasteiger partial charge in [0, 0.05) is 24.1 Å². The van der Waals surface area contributed by atoms with Gasteiger partial charge in [-0.15, -0.1) is 0 Å². The maximum Gasteiger partial charge on any atom is 0.243 e. The fourth-order valence-electron chi connectivity index (χ4n) is 1.59. The van der Waals surface area contributed by atoms with Gasteiger partial charge in [-0.05, 0) is 42.1 Å². The number of carbonyl (C=O) groups excluding carboxylic acids is 1. The molecule has 0 aliphatic carbocycles. The molecule has 0 aromatic heterocycles. The number of rotatable bonds is 8. The summed E-state index contributed by atoms with van der Waals surface area (Å²) in [6.45, 7) is 0.971. The highest BCUT2D eigenvalue weighted by Crippen LogP contribution is 2.26. The molecule has 0 spiro atoms. The first kappa shape index (κ1) is 16.4. The zero-order valence-corrected chi connectivity index (χ0v) is 11.8. The van der Waals surface area contributed by atoms with E-state index in [1.165, 1.54) is 19.3 Å². The van der Waals surface area contributed by atoms with Crippen LogP contribution in [-0.2, 0) is 4.79 Å². The van der Waals surface area contributed by atoms with Gasteiger partial charge >= 0.3 is 0 Å². The minimum atomic E-state index is -0.203. The van der Waals surface area contributed by atoms with Gasteiger partial charge in [0.25, 0.3) is 0 Å². The summed E-state index contributed by atoms with van der Waals surface area (Å²) in [6.07, 6.45) is 4.55. The van der Waals surface area contributed by atoms with Crippen molar-refractivity contribution >= 4 is 12.0 Å². The third-order valence-electron chi connectivity index (χ3n) is 2.68. The fourth-order valence-corrected chi connectivity index (χ4v) is 1.59. The minimum Gasteiger partial charge on any atom is -0.504 e. The molecule has 0 fully saturated rings. The van der Waals surface area contributed by atoms with E-state index in [0.717, 1.165) is 18.4 Å². The molecular formula is C14H18N4O3. The molecule has 7 nitrogen and oxygen atoms in total. The Labute approximate surface area is 122 Å².